The summed E-state index contributed by atoms with van der Waals surface area (Å²) in [5, 5.41) is 0. The Balaban J connectivity index is 2.11. The number of rotatable bonds is 3. The molecule has 1 rings (SSSR count). The zero-order valence-electron chi connectivity index (χ0n) is 5.09. The third-order valence-electron chi connectivity index (χ3n) is 1.01. The standard InChI is InChI=1S/C5H9N2OS/c1-2-3-4-5-6-8-9-7-5/h1-4H2,(H,6,7). The van der Waals surface area contributed by atoms with E-state index in [0.717, 1.165) is 37.3 Å². The van der Waals surface area contributed by atoms with Gasteiger partial charge < -0.3 is 0 Å². The topological polar surface area (TPSA) is 33.6 Å². The highest BCUT2D eigenvalue weighted by atomic mass is 32.2. The lowest BCUT2D eigenvalue weighted by Crippen LogP contribution is -2.15. The van der Waals surface area contributed by atoms with Crippen LogP contribution in [0.2, 0.25) is 0 Å². The molecular formula is C5H9N2OS. The van der Waals surface area contributed by atoms with Crippen LogP contribution in [0.5, 0.6) is 0 Å². The van der Waals surface area contributed by atoms with Crippen LogP contribution in [0.1, 0.15) is 19.3 Å². The molecule has 0 spiro atoms. The molecule has 0 atom stereocenters. The number of unbranched alkanes of at least 4 members (excludes halogenated alkanes) is 1. The largest absolute Gasteiger partial charge is 0.237 e. The highest BCUT2D eigenvalue weighted by molar-refractivity contribution is 7.93. The van der Waals surface area contributed by atoms with Crippen LogP contribution < -0.4 is 5.48 Å². The van der Waals surface area contributed by atoms with E-state index in [1.54, 1.807) is 0 Å². The van der Waals surface area contributed by atoms with Crippen LogP contribution in [0.25, 0.3) is 0 Å². The molecule has 0 aliphatic carbocycles. The molecule has 0 saturated carbocycles. The van der Waals surface area contributed by atoms with E-state index < -0.39 is 0 Å². The first kappa shape index (κ1) is 6.89. The molecule has 1 N–H and O–H groups in total. The third kappa shape index (κ3) is 2.24. The molecule has 1 radical (unpaired) electrons. The highest BCUT2D eigenvalue weighted by Crippen LogP contribution is 2.11. The minimum absolute atomic E-state index is 0.920. The Morgan fingerprint density at radius 3 is 3.22 bits per heavy atom. The second kappa shape index (κ2) is 3.74. The molecule has 1 heterocycles. The Hall–Kier alpha value is -0.220. The van der Waals surface area contributed by atoms with E-state index >= 15 is 0 Å². The summed E-state index contributed by atoms with van der Waals surface area (Å²) in [7, 11) is 0. The molecule has 51 valence electrons. The van der Waals surface area contributed by atoms with Gasteiger partial charge in [-0.15, -0.1) is 0 Å². The summed E-state index contributed by atoms with van der Waals surface area (Å²) in [5.74, 6) is 0.920. The maximum absolute atomic E-state index is 4.70. The Morgan fingerprint density at radius 2 is 2.67 bits per heavy atom. The van der Waals surface area contributed by atoms with Crippen molar-refractivity contribution in [3.63, 3.8) is 0 Å². The minimum Gasteiger partial charge on any atom is -0.237 e. The maximum Gasteiger partial charge on any atom is 0.166 e. The summed E-state index contributed by atoms with van der Waals surface area (Å²) >= 11 is 1.09. The number of amidine groups is 1. The van der Waals surface area contributed by atoms with Gasteiger partial charge in [0.2, 0.25) is 0 Å². The van der Waals surface area contributed by atoms with Crippen molar-refractivity contribution >= 4 is 18.1 Å². The number of nitrogens with one attached hydrogen (secondary N) is 1. The maximum atomic E-state index is 4.70. The minimum atomic E-state index is 0.920. The number of nitrogens with zero attached hydrogens (tertiary/aromatic N) is 1. The van der Waals surface area contributed by atoms with E-state index in [2.05, 4.69) is 16.8 Å². The molecular weight excluding hydrogens is 136 g/mol. The van der Waals surface area contributed by atoms with Crippen LogP contribution in [-0.2, 0) is 4.28 Å². The van der Waals surface area contributed by atoms with Gasteiger partial charge in [-0.05, 0) is 6.42 Å². The quantitative estimate of drug-likeness (QED) is 0.482. The lowest BCUT2D eigenvalue weighted by molar-refractivity contribution is 0.323. The first-order valence-electron chi connectivity index (χ1n) is 2.88. The third-order valence-corrected chi connectivity index (χ3v) is 1.46. The van der Waals surface area contributed by atoms with Gasteiger partial charge in [0.25, 0.3) is 0 Å². The van der Waals surface area contributed by atoms with Crippen molar-refractivity contribution in [1.29, 1.82) is 0 Å². The lowest BCUT2D eigenvalue weighted by atomic mass is 10.2. The predicted molar refractivity (Wildman–Crippen MR) is 38.5 cm³/mol. The monoisotopic (exact) mass is 145 g/mol. The fourth-order valence-electron chi connectivity index (χ4n) is 0.538. The molecule has 0 aromatic heterocycles. The average molecular weight is 145 g/mol. The number of hydrogen-bond donors (Lipinski definition) is 1. The van der Waals surface area contributed by atoms with Gasteiger partial charge in [-0.3, -0.25) is 0 Å². The van der Waals surface area contributed by atoms with Crippen LogP contribution in [0, 0.1) is 6.92 Å². The van der Waals surface area contributed by atoms with Crippen molar-refractivity contribution in [3.8, 4) is 0 Å². The molecule has 1 aliphatic rings. The van der Waals surface area contributed by atoms with Gasteiger partial charge in [-0.25, -0.2) is 5.48 Å². The van der Waals surface area contributed by atoms with Crippen molar-refractivity contribution in [1.82, 2.24) is 5.48 Å². The smallest absolute Gasteiger partial charge is 0.166 e. The molecule has 9 heavy (non-hydrogen) atoms. The molecule has 0 unspecified atom stereocenters. The average Bonchev–Trinajstić information content (AvgIpc) is 2.34. The molecule has 0 amide bonds. The van der Waals surface area contributed by atoms with Crippen LogP contribution in [0.3, 0.4) is 0 Å². The number of hydrogen-bond acceptors (Lipinski definition) is 4. The lowest BCUT2D eigenvalue weighted by Gasteiger charge is -1.94. The fourth-order valence-corrected chi connectivity index (χ4v) is 0.927. The Kier molecular flexibility index (Phi) is 2.86. The fraction of sp³-hybridized carbons (Fsp3) is 0.600. The van der Waals surface area contributed by atoms with Crippen molar-refractivity contribution in [2.24, 2.45) is 4.40 Å². The van der Waals surface area contributed by atoms with Gasteiger partial charge in [-0.1, -0.05) is 13.3 Å². The van der Waals surface area contributed by atoms with Crippen molar-refractivity contribution in [3.05, 3.63) is 6.92 Å². The normalized spacial score (nSPS) is 17.2. The Bertz CT molecular complexity index is 116. The second-order valence-electron chi connectivity index (χ2n) is 1.76. The molecule has 4 heteroatoms. The predicted octanol–water partition coefficient (Wildman–Crippen LogP) is 1.49. The van der Waals surface area contributed by atoms with Gasteiger partial charge in [0.05, 0.1) is 0 Å². The van der Waals surface area contributed by atoms with Crippen LogP contribution in [-0.4, -0.2) is 5.84 Å². The molecule has 0 aromatic carbocycles. The summed E-state index contributed by atoms with van der Waals surface area (Å²) in [6, 6.07) is 0. The van der Waals surface area contributed by atoms with Crippen LogP contribution in [0.4, 0.5) is 0 Å². The van der Waals surface area contributed by atoms with E-state index in [0.29, 0.717) is 0 Å². The zero-order valence-corrected chi connectivity index (χ0v) is 5.91. The van der Waals surface area contributed by atoms with Gasteiger partial charge in [0.15, 0.2) is 12.2 Å². The van der Waals surface area contributed by atoms with E-state index in [1.807, 2.05) is 0 Å². The molecule has 3 nitrogen and oxygen atoms in total. The van der Waals surface area contributed by atoms with Crippen molar-refractivity contribution < 1.29 is 4.28 Å². The summed E-state index contributed by atoms with van der Waals surface area (Å²) in [5.41, 5.74) is 2.68. The van der Waals surface area contributed by atoms with Gasteiger partial charge in [0.1, 0.15) is 5.84 Å². The molecule has 1 aliphatic heterocycles. The first-order chi connectivity index (χ1) is 4.43. The van der Waals surface area contributed by atoms with E-state index in [4.69, 9.17) is 4.28 Å². The molecule has 0 fully saturated rings. The summed E-state index contributed by atoms with van der Waals surface area (Å²) in [4.78, 5) is 0. The van der Waals surface area contributed by atoms with E-state index in [1.165, 1.54) is 0 Å². The summed E-state index contributed by atoms with van der Waals surface area (Å²) in [6.07, 6.45) is 2.96. The van der Waals surface area contributed by atoms with Crippen molar-refractivity contribution in [2.45, 2.75) is 19.3 Å². The van der Waals surface area contributed by atoms with Gasteiger partial charge in [0, 0.05) is 6.42 Å². The van der Waals surface area contributed by atoms with Crippen LogP contribution in [0.15, 0.2) is 4.40 Å². The molecule has 0 saturated heterocycles. The van der Waals surface area contributed by atoms with Gasteiger partial charge in [-0.2, -0.15) is 8.68 Å². The SMILES string of the molecule is [CH2]CCCC1=NSON1. The molecule has 0 aromatic rings. The summed E-state index contributed by atoms with van der Waals surface area (Å²) in [6.45, 7) is 3.72. The second-order valence-corrected chi connectivity index (χ2v) is 2.25. The number of hydroxylamine groups is 1. The zero-order chi connectivity index (χ0) is 6.53. The Labute approximate surface area is 59.2 Å². The summed E-state index contributed by atoms with van der Waals surface area (Å²) < 4.78 is 8.64. The van der Waals surface area contributed by atoms with E-state index in [9.17, 15) is 0 Å². The van der Waals surface area contributed by atoms with Crippen molar-refractivity contribution in [2.75, 3.05) is 0 Å². The van der Waals surface area contributed by atoms with Gasteiger partial charge >= 0.3 is 0 Å². The van der Waals surface area contributed by atoms with E-state index in [-0.39, 0.29) is 0 Å². The first-order valence-corrected chi connectivity index (χ1v) is 3.58. The Morgan fingerprint density at radius 1 is 1.78 bits per heavy atom. The molecule has 0 bridgehead atoms. The van der Waals surface area contributed by atoms with Crippen LogP contribution >= 0.6 is 12.2 Å². The highest BCUT2D eigenvalue weighted by Gasteiger charge is 2.04.